The second kappa shape index (κ2) is 12.9. The third kappa shape index (κ3) is 7.17. The van der Waals surface area contributed by atoms with Crippen LogP contribution >= 0.6 is 0 Å². The molecule has 7 nitrogen and oxygen atoms in total. The summed E-state index contributed by atoms with van der Waals surface area (Å²) in [6, 6.07) is 3.49. The van der Waals surface area contributed by atoms with Gasteiger partial charge in [0.1, 0.15) is 11.9 Å². The van der Waals surface area contributed by atoms with Crippen molar-refractivity contribution in [3.63, 3.8) is 0 Å². The summed E-state index contributed by atoms with van der Waals surface area (Å²) in [4.78, 5) is 29.6. The van der Waals surface area contributed by atoms with Crippen LogP contribution in [0.2, 0.25) is 0 Å². The van der Waals surface area contributed by atoms with Crippen molar-refractivity contribution in [3.8, 4) is 11.5 Å². The van der Waals surface area contributed by atoms with Gasteiger partial charge in [0.05, 0.1) is 13.7 Å². The van der Waals surface area contributed by atoms with Crippen molar-refractivity contribution in [2.75, 3.05) is 20.7 Å². The first-order valence-electron chi connectivity index (χ1n) is 12.8. The van der Waals surface area contributed by atoms with E-state index in [4.69, 9.17) is 9.47 Å². The zero-order chi connectivity index (χ0) is 25.4. The third-order valence-corrected chi connectivity index (χ3v) is 7.45. The number of benzene rings is 1. The molecule has 1 aromatic rings. The van der Waals surface area contributed by atoms with Gasteiger partial charge in [0.15, 0.2) is 11.5 Å². The predicted molar refractivity (Wildman–Crippen MR) is 137 cm³/mol. The molecule has 3 rings (SSSR count). The number of esters is 1. The minimum absolute atomic E-state index is 0.0742. The quantitative estimate of drug-likeness (QED) is 0.427. The fraction of sp³-hybridized carbons (Fsp3) is 0.607. The van der Waals surface area contributed by atoms with E-state index in [1.165, 1.54) is 19.6 Å². The molecule has 4 atom stereocenters. The molecular formula is C28H40N2O5. The van der Waals surface area contributed by atoms with Gasteiger partial charge in [0.2, 0.25) is 0 Å². The number of carbonyl (C=O) groups excluding carboxylic acids is 2. The van der Waals surface area contributed by atoms with E-state index >= 15 is 0 Å². The van der Waals surface area contributed by atoms with Crippen LogP contribution in [0.3, 0.4) is 0 Å². The van der Waals surface area contributed by atoms with Crippen molar-refractivity contribution in [1.29, 1.82) is 0 Å². The minimum atomic E-state index is -0.430. The molecule has 2 aliphatic rings. The van der Waals surface area contributed by atoms with Crippen molar-refractivity contribution >= 4 is 18.0 Å². The van der Waals surface area contributed by atoms with Gasteiger partial charge in [0, 0.05) is 38.4 Å². The van der Waals surface area contributed by atoms with Gasteiger partial charge in [-0.15, -0.1) is 0 Å². The highest BCUT2D eigenvalue weighted by Gasteiger charge is 2.39. The molecule has 0 amide bonds. The number of nitrogens with zero attached hydrogens (tertiary/aromatic N) is 1. The molecule has 0 saturated heterocycles. The number of Topliss-reactive ketones (excluding diaryl/α,β-unsaturated/α-hetero) is 1. The number of carbonyl (C=O) groups is 2. The predicted octanol–water partition coefficient (Wildman–Crippen LogP) is 4.40. The van der Waals surface area contributed by atoms with Crippen LogP contribution in [-0.4, -0.2) is 49.9 Å². The summed E-state index contributed by atoms with van der Waals surface area (Å²) in [5, 5.41) is 13.2. The Kier molecular flexibility index (Phi) is 9.90. The normalized spacial score (nSPS) is 22.5. The maximum absolute atomic E-state index is 13.2. The molecule has 35 heavy (non-hydrogen) atoms. The van der Waals surface area contributed by atoms with E-state index in [0.29, 0.717) is 37.6 Å². The van der Waals surface area contributed by atoms with Gasteiger partial charge in [-0.3, -0.25) is 14.6 Å². The molecule has 0 unspecified atom stereocenters. The summed E-state index contributed by atoms with van der Waals surface area (Å²) in [7, 11) is 3.36. The van der Waals surface area contributed by atoms with E-state index < -0.39 is 6.10 Å². The van der Waals surface area contributed by atoms with E-state index in [9.17, 15) is 14.7 Å². The highest BCUT2D eigenvalue weighted by molar-refractivity contribution is 5.82. The number of phenols is 1. The number of methoxy groups -OCH3 is 1. The van der Waals surface area contributed by atoms with Crippen molar-refractivity contribution < 1.29 is 24.2 Å². The Morgan fingerprint density at radius 2 is 2.06 bits per heavy atom. The lowest BCUT2D eigenvalue weighted by atomic mass is 9.67. The van der Waals surface area contributed by atoms with Gasteiger partial charge in [-0.05, 0) is 73.4 Å². The zero-order valence-electron chi connectivity index (χ0n) is 21.5. The highest BCUT2D eigenvalue weighted by atomic mass is 16.5. The maximum Gasteiger partial charge on any atom is 0.302 e. The van der Waals surface area contributed by atoms with E-state index in [-0.39, 0.29) is 35.8 Å². The summed E-state index contributed by atoms with van der Waals surface area (Å²) < 4.78 is 11.1. The Balaban J connectivity index is 1.75. The number of hydrogen-bond acceptors (Lipinski definition) is 7. The van der Waals surface area contributed by atoms with Gasteiger partial charge >= 0.3 is 5.97 Å². The lowest BCUT2D eigenvalue weighted by Gasteiger charge is -2.40. The fourth-order valence-electron chi connectivity index (χ4n) is 5.61. The van der Waals surface area contributed by atoms with Crippen molar-refractivity contribution in [3.05, 3.63) is 34.9 Å². The van der Waals surface area contributed by atoms with Crippen LogP contribution in [-0.2, 0) is 27.3 Å². The van der Waals surface area contributed by atoms with Crippen LogP contribution < -0.4 is 10.1 Å². The fourth-order valence-corrected chi connectivity index (χ4v) is 5.61. The highest BCUT2D eigenvalue weighted by Crippen LogP contribution is 2.43. The monoisotopic (exact) mass is 484 g/mol. The third-order valence-electron chi connectivity index (χ3n) is 7.45. The molecule has 0 aromatic heterocycles. The van der Waals surface area contributed by atoms with E-state index in [1.807, 2.05) is 13.3 Å². The zero-order valence-corrected chi connectivity index (χ0v) is 21.5. The Morgan fingerprint density at radius 1 is 1.26 bits per heavy atom. The number of aryl methyl sites for hydroxylation is 1. The van der Waals surface area contributed by atoms with Crippen LogP contribution in [0.15, 0.2) is 28.8 Å². The summed E-state index contributed by atoms with van der Waals surface area (Å²) in [5.74, 6) is 1.18. The van der Waals surface area contributed by atoms with Gasteiger partial charge < -0.3 is 19.9 Å². The molecule has 1 aromatic carbocycles. The molecule has 1 saturated carbocycles. The Morgan fingerprint density at radius 3 is 2.69 bits per heavy atom. The first-order valence-corrected chi connectivity index (χ1v) is 12.8. The molecule has 2 N–H and O–H groups in total. The topological polar surface area (TPSA) is 97.2 Å². The van der Waals surface area contributed by atoms with E-state index in [2.05, 4.69) is 23.3 Å². The van der Waals surface area contributed by atoms with E-state index in [1.54, 1.807) is 12.1 Å². The molecule has 0 radical (unpaired) electrons. The van der Waals surface area contributed by atoms with E-state index in [0.717, 1.165) is 36.8 Å². The van der Waals surface area contributed by atoms with Crippen LogP contribution in [0, 0.1) is 17.8 Å². The number of nitrogens with one attached hydrogen (secondary N) is 1. The summed E-state index contributed by atoms with van der Waals surface area (Å²) in [5.41, 5.74) is 3.11. The minimum Gasteiger partial charge on any atom is -0.504 e. The molecule has 0 spiro atoms. The number of ether oxygens (including phenoxy) is 2. The van der Waals surface area contributed by atoms with Crippen molar-refractivity contribution in [1.82, 2.24) is 5.32 Å². The smallest absolute Gasteiger partial charge is 0.302 e. The Labute approximate surface area is 209 Å². The van der Waals surface area contributed by atoms with Crippen LogP contribution in [0.4, 0.5) is 0 Å². The van der Waals surface area contributed by atoms with Crippen LogP contribution in [0.5, 0.6) is 11.5 Å². The number of aliphatic imine (C=N–C) groups is 1. The average molecular weight is 485 g/mol. The molecule has 1 aliphatic heterocycles. The average Bonchev–Trinajstić information content (AvgIpc) is 3.37. The number of aromatic hydroxyl groups is 1. The van der Waals surface area contributed by atoms with Gasteiger partial charge in [-0.2, -0.15) is 0 Å². The van der Waals surface area contributed by atoms with Crippen molar-refractivity contribution in [2.45, 2.75) is 71.4 Å². The molecule has 7 heteroatoms. The Bertz CT molecular complexity index is 955. The second-order valence-electron chi connectivity index (χ2n) is 9.77. The molecule has 0 bridgehead atoms. The first kappa shape index (κ1) is 26.9. The lowest BCUT2D eigenvalue weighted by Crippen LogP contribution is -2.38. The summed E-state index contributed by atoms with van der Waals surface area (Å²) in [6.45, 7) is 4.92. The van der Waals surface area contributed by atoms with Crippen LogP contribution in [0.1, 0.15) is 63.5 Å². The molecule has 1 heterocycles. The Hall–Kier alpha value is -2.67. The number of hydrogen-bond donors (Lipinski definition) is 2. The molecule has 192 valence electrons. The molecule has 1 aliphatic carbocycles. The first-order chi connectivity index (χ1) is 16.9. The number of ketones is 1. The summed E-state index contributed by atoms with van der Waals surface area (Å²) >= 11 is 0. The standard InChI is InChI=1S/C28H40N2O5/c1-5-19-6-9-24(21-10-11-30-17-21)25(12-19)27(35-18(2)31)15-23(32)8-7-20-14-28(34-4)26(33)13-22(20)16-29-3/h10,13-14,17,19,24-25,27,29,33H,5-9,11-12,15-16H2,1-4H3/t19-,24+,25-,27+/m1/s1. The molecule has 1 fully saturated rings. The van der Waals surface area contributed by atoms with Gasteiger partial charge in [-0.25, -0.2) is 0 Å². The van der Waals surface area contributed by atoms with Crippen molar-refractivity contribution in [2.24, 2.45) is 22.7 Å². The second-order valence-corrected chi connectivity index (χ2v) is 9.77. The largest absolute Gasteiger partial charge is 0.504 e. The van der Waals surface area contributed by atoms with Crippen LogP contribution in [0.25, 0.3) is 0 Å². The summed E-state index contributed by atoms with van der Waals surface area (Å²) in [6.07, 6.45) is 9.01. The maximum atomic E-state index is 13.2. The SMILES string of the molecule is CC[C@@H]1CC[C@@H](C2=CCN=C2)[C@H]([C@H](CC(=O)CCc2cc(OC)c(O)cc2CNC)OC(C)=O)C1. The van der Waals surface area contributed by atoms with Gasteiger partial charge in [-0.1, -0.05) is 19.4 Å². The van der Waals surface area contributed by atoms with Gasteiger partial charge in [0.25, 0.3) is 0 Å². The lowest BCUT2D eigenvalue weighted by molar-refractivity contribution is -0.152. The number of rotatable bonds is 12. The number of phenolic OH excluding ortho intramolecular Hbond substituents is 1. The number of allylic oxidation sites excluding steroid dienone is 1. The molecular weight excluding hydrogens is 444 g/mol.